The van der Waals surface area contributed by atoms with Crippen LogP contribution >= 0.6 is 0 Å². The molecule has 0 aromatic heterocycles. The second-order valence-electron chi connectivity index (χ2n) is 9.18. The van der Waals surface area contributed by atoms with Crippen molar-refractivity contribution in [2.45, 2.75) is 77.5 Å². The van der Waals surface area contributed by atoms with E-state index < -0.39 is 23.6 Å². The van der Waals surface area contributed by atoms with E-state index in [4.69, 9.17) is 4.74 Å². The van der Waals surface area contributed by atoms with Gasteiger partial charge in [0.1, 0.15) is 17.7 Å². The minimum atomic E-state index is -0.924. The molecular weight excluding hydrogens is 360 g/mol. The number of carbonyl (C=O) groups excluding carboxylic acids is 3. The number of carbonyl (C=O) groups is 3. The van der Waals surface area contributed by atoms with Gasteiger partial charge in [-0.2, -0.15) is 5.26 Å². The topological polar surface area (TPSA) is 120 Å². The van der Waals surface area contributed by atoms with Crippen LogP contribution in [0.4, 0.5) is 0 Å². The summed E-state index contributed by atoms with van der Waals surface area (Å²) >= 11 is 0. The highest BCUT2D eigenvalue weighted by Gasteiger charge is 2.40. The zero-order valence-electron chi connectivity index (χ0n) is 17.3. The molecule has 0 spiro atoms. The van der Waals surface area contributed by atoms with Crippen LogP contribution in [0, 0.1) is 22.7 Å². The van der Waals surface area contributed by atoms with Crippen molar-refractivity contribution in [3.63, 3.8) is 0 Å². The van der Waals surface area contributed by atoms with Gasteiger partial charge in [-0.15, -0.1) is 0 Å². The molecule has 2 heterocycles. The second kappa shape index (κ2) is 8.91. The maximum absolute atomic E-state index is 12.9. The molecule has 0 bridgehead atoms. The van der Waals surface area contributed by atoms with Gasteiger partial charge >= 0.3 is 0 Å². The van der Waals surface area contributed by atoms with Crippen LogP contribution in [0.1, 0.15) is 59.8 Å². The molecule has 2 saturated heterocycles. The molecule has 0 unspecified atom stereocenters. The van der Waals surface area contributed by atoms with Crippen LogP contribution in [0.25, 0.3) is 0 Å². The summed E-state index contributed by atoms with van der Waals surface area (Å²) in [5.41, 5.74) is -1.13. The third kappa shape index (κ3) is 5.93. The summed E-state index contributed by atoms with van der Waals surface area (Å²) in [4.78, 5) is 37.3. The first-order valence-electron chi connectivity index (χ1n) is 9.97. The Labute approximate surface area is 166 Å². The van der Waals surface area contributed by atoms with Gasteiger partial charge in [0.25, 0.3) is 5.91 Å². The van der Waals surface area contributed by atoms with Crippen molar-refractivity contribution < 1.29 is 19.1 Å². The number of nitriles is 1. The van der Waals surface area contributed by atoms with Crippen molar-refractivity contribution in [2.24, 2.45) is 11.3 Å². The molecule has 8 nitrogen and oxygen atoms in total. The molecule has 0 aromatic carbocycles. The average Bonchev–Trinajstić information content (AvgIpc) is 3.22. The van der Waals surface area contributed by atoms with Crippen LogP contribution in [0.2, 0.25) is 0 Å². The summed E-state index contributed by atoms with van der Waals surface area (Å²) in [5.74, 6) is -1.07. The zero-order valence-corrected chi connectivity index (χ0v) is 17.3. The monoisotopic (exact) mass is 392 g/mol. The highest BCUT2D eigenvalue weighted by Crippen LogP contribution is 2.27. The van der Waals surface area contributed by atoms with Gasteiger partial charge in [-0.05, 0) is 44.4 Å². The molecule has 0 aromatic rings. The molecule has 28 heavy (non-hydrogen) atoms. The van der Waals surface area contributed by atoms with Gasteiger partial charge < -0.3 is 20.7 Å². The molecule has 0 radical (unpaired) electrons. The number of nitrogens with zero attached hydrogens (tertiary/aromatic N) is 1. The van der Waals surface area contributed by atoms with Crippen LogP contribution in [-0.4, -0.2) is 48.6 Å². The maximum atomic E-state index is 12.9. The lowest BCUT2D eigenvalue weighted by molar-refractivity contribution is -0.142. The van der Waals surface area contributed by atoms with Crippen molar-refractivity contribution in [2.75, 3.05) is 13.2 Å². The minimum absolute atomic E-state index is 0.0830. The first kappa shape index (κ1) is 22.2. The first-order chi connectivity index (χ1) is 13.0. The molecule has 0 aliphatic carbocycles. The Morgan fingerprint density at radius 3 is 2.61 bits per heavy atom. The number of ether oxygens (including phenoxy) is 1. The predicted octanol–water partition coefficient (Wildman–Crippen LogP) is 1.01. The standard InChI is InChI=1S/C20H32N4O4/c1-19(2,3)11-15(24-18(27)20(4)7-5-9-28-20)17(26)23-14(12-21)10-13-6-8-22-16(13)25/h13-15H,5-11H2,1-4H3,(H,22,25)(H,23,26)(H,24,27)/t13-,14-,15-,20-/m0/s1. The predicted molar refractivity (Wildman–Crippen MR) is 103 cm³/mol. The maximum Gasteiger partial charge on any atom is 0.252 e. The zero-order chi connectivity index (χ0) is 20.9. The van der Waals surface area contributed by atoms with E-state index in [9.17, 15) is 19.6 Å². The third-order valence-corrected chi connectivity index (χ3v) is 5.29. The van der Waals surface area contributed by atoms with Crippen molar-refractivity contribution in [3.05, 3.63) is 0 Å². The Morgan fingerprint density at radius 2 is 2.11 bits per heavy atom. The molecular formula is C20H32N4O4. The van der Waals surface area contributed by atoms with Gasteiger partial charge in [0, 0.05) is 19.1 Å². The molecule has 2 rings (SSSR count). The number of hydrogen-bond acceptors (Lipinski definition) is 5. The van der Waals surface area contributed by atoms with Crippen molar-refractivity contribution in [1.82, 2.24) is 16.0 Å². The molecule has 3 amide bonds. The van der Waals surface area contributed by atoms with Crippen molar-refractivity contribution in [3.8, 4) is 6.07 Å². The second-order valence-corrected chi connectivity index (χ2v) is 9.18. The Morgan fingerprint density at radius 1 is 1.39 bits per heavy atom. The Kier molecular flexibility index (Phi) is 7.05. The summed E-state index contributed by atoms with van der Waals surface area (Å²) in [6, 6.07) is 0.510. The molecule has 2 aliphatic rings. The quantitative estimate of drug-likeness (QED) is 0.597. The van der Waals surface area contributed by atoms with Crippen LogP contribution in [0.3, 0.4) is 0 Å². The molecule has 0 saturated carbocycles. The lowest BCUT2D eigenvalue weighted by atomic mass is 9.87. The SMILES string of the molecule is CC(C)(C)C[C@H](NC(=O)[C@]1(C)CCCO1)C(=O)N[C@H](C#N)C[C@@H]1CCNC1=O. The van der Waals surface area contributed by atoms with Crippen LogP contribution < -0.4 is 16.0 Å². The van der Waals surface area contributed by atoms with Crippen molar-refractivity contribution in [1.29, 1.82) is 5.26 Å². The van der Waals surface area contributed by atoms with Gasteiger partial charge in [-0.25, -0.2) is 0 Å². The summed E-state index contributed by atoms with van der Waals surface area (Å²) < 4.78 is 5.58. The third-order valence-electron chi connectivity index (χ3n) is 5.29. The Hall–Kier alpha value is -2.14. The van der Waals surface area contributed by atoms with Gasteiger partial charge in [0.2, 0.25) is 11.8 Å². The molecule has 8 heteroatoms. The Balaban J connectivity index is 2.04. The van der Waals surface area contributed by atoms with Gasteiger partial charge in [-0.3, -0.25) is 14.4 Å². The van der Waals surface area contributed by atoms with E-state index in [-0.39, 0.29) is 29.6 Å². The summed E-state index contributed by atoms with van der Waals surface area (Å²) in [6.45, 7) is 8.81. The van der Waals surface area contributed by atoms with Gasteiger partial charge in [0.15, 0.2) is 0 Å². The van der Waals surface area contributed by atoms with Crippen LogP contribution in [0.5, 0.6) is 0 Å². The van der Waals surface area contributed by atoms with Gasteiger partial charge in [-0.1, -0.05) is 20.8 Å². The summed E-state index contributed by atoms with van der Waals surface area (Å²) in [5, 5.41) is 17.7. The summed E-state index contributed by atoms with van der Waals surface area (Å²) in [7, 11) is 0. The van der Waals surface area contributed by atoms with Crippen LogP contribution in [-0.2, 0) is 19.1 Å². The van der Waals surface area contributed by atoms with E-state index in [0.29, 0.717) is 32.4 Å². The summed E-state index contributed by atoms with van der Waals surface area (Å²) in [6.07, 6.45) is 2.76. The number of nitrogens with one attached hydrogen (secondary N) is 3. The number of rotatable bonds is 7. The normalized spacial score (nSPS) is 26.8. The minimum Gasteiger partial charge on any atom is -0.365 e. The van der Waals surface area contributed by atoms with E-state index in [2.05, 4.69) is 22.0 Å². The van der Waals surface area contributed by atoms with Crippen LogP contribution in [0.15, 0.2) is 0 Å². The first-order valence-corrected chi connectivity index (χ1v) is 9.97. The number of amides is 3. The van der Waals surface area contributed by atoms with E-state index in [0.717, 1.165) is 6.42 Å². The molecule has 4 atom stereocenters. The lowest BCUT2D eigenvalue weighted by Gasteiger charge is -2.30. The van der Waals surface area contributed by atoms with E-state index in [1.54, 1.807) is 6.92 Å². The molecule has 2 fully saturated rings. The molecule has 3 N–H and O–H groups in total. The van der Waals surface area contributed by atoms with E-state index >= 15 is 0 Å². The van der Waals surface area contributed by atoms with Gasteiger partial charge in [0.05, 0.1) is 6.07 Å². The smallest absolute Gasteiger partial charge is 0.252 e. The van der Waals surface area contributed by atoms with E-state index in [1.807, 2.05) is 20.8 Å². The Bertz CT molecular complexity index is 644. The number of hydrogen-bond donors (Lipinski definition) is 3. The molecule has 156 valence electrons. The average molecular weight is 393 g/mol. The van der Waals surface area contributed by atoms with Crippen molar-refractivity contribution >= 4 is 17.7 Å². The fraction of sp³-hybridized carbons (Fsp3) is 0.800. The highest BCUT2D eigenvalue weighted by molar-refractivity contribution is 5.91. The largest absolute Gasteiger partial charge is 0.365 e. The fourth-order valence-corrected chi connectivity index (χ4v) is 3.66. The fourth-order valence-electron chi connectivity index (χ4n) is 3.66. The lowest BCUT2D eigenvalue weighted by Crippen LogP contribution is -2.55. The highest BCUT2D eigenvalue weighted by atomic mass is 16.5. The molecule has 2 aliphatic heterocycles. The van der Waals surface area contributed by atoms with E-state index in [1.165, 1.54) is 0 Å².